The van der Waals surface area contributed by atoms with Gasteiger partial charge < -0.3 is 10.2 Å². The zero-order valence-electron chi connectivity index (χ0n) is 16.6. The Morgan fingerprint density at radius 2 is 1.93 bits per heavy atom. The summed E-state index contributed by atoms with van der Waals surface area (Å²) in [5, 5.41) is 2.99. The lowest BCUT2D eigenvalue weighted by molar-refractivity contribution is -0.122. The number of Topliss-reactive ketones (excluding diaryl/α,β-unsaturated/α-hetero) is 1. The van der Waals surface area contributed by atoms with Gasteiger partial charge in [-0.05, 0) is 17.1 Å². The fraction of sp³-hybridized carbons (Fsp3) is 0.364. The van der Waals surface area contributed by atoms with Gasteiger partial charge in [-0.15, -0.1) is 0 Å². The third-order valence-electron chi connectivity index (χ3n) is 5.50. The SMILES string of the molecule is CNc1cc(C23C=C(CC(=O)c4ccc(C(C)(C)C)cc4)C(=O)N2C3)ncn1. The third kappa shape index (κ3) is 2.99. The molecule has 0 aliphatic carbocycles. The van der Waals surface area contributed by atoms with E-state index < -0.39 is 5.54 Å². The van der Waals surface area contributed by atoms with Crippen molar-refractivity contribution in [3.05, 3.63) is 65.1 Å². The van der Waals surface area contributed by atoms with E-state index in [1.807, 2.05) is 36.4 Å². The molecule has 6 heteroatoms. The highest BCUT2D eigenvalue weighted by atomic mass is 16.2. The van der Waals surface area contributed by atoms with Crippen LogP contribution in [0.3, 0.4) is 0 Å². The van der Waals surface area contributed by atoms with Gasteiger partial charge in [-0.1, -0.05) is 45.0 Å². The van der Waals surface area contributed by atoms with E-state index in [1.54, 1.807) is 11.9 Å². The van der Waals surface area contributed by atoms with Crippen molar-refractivity contribution in [1.29, 1.82) is 0 Å². The number of benzene rings is 1. The van der Waals surface area contributed by atoms with Crippen LogP contribution < -0.4 is 5.32 Å². The Bertz CT molecular complexity index is 988. The van der Waals surface area contributed by atoms with Gasteiger partial charge >= 0.3 is 0 Å². The van der Waals surface area contributed by atoms with Gasteiger partial charge in [0.2, 0.25) is 0 Å². The number of carbonyl (C=O) groups is 2. The Kier molecular flexibility index (Phi) is 4.10. The monoisotopic (exact) mass is 376 g/mol. The average molecular weight is 376 g/mol. The summed E-state index contributed by atoms with van der Waals surface area (Å²) in [6.45, 7) is 7.01. The van der Waals surface area contributed by atoms with Crippen molar-refractivity contribution in [2.45, 2.75) is 38.1 Å². The predicted octanol–water partition coefficient (Wildman–Crippen LogP) is 3.07. The van der Waals surface area contributed by atoms with Crippen molar-refractivity contribution >= 4 is 17.5 Å². The first-order chi connectivity index (χ1) is 13.2. The minimum absolute atomic E-state index is 0.0379. The van der Waals surface area contributed by atoms with Crippen molar-refractivity contribution in [1.82, 2.24) is 14.9 Å². The Hall–Kier alpha value is -3.02. The first kappa shape index (κ1) is 18.3. The van der Waals surface area contributed by atoms with E-state index in [-0.39, 0.29) is 23.5 Å². The molecule has 2 aliphatic heterocycles. The van der Waals surface area contributed by atoms with Crippen LogP contribution in [0.15, 0.2) is 48.3 Å². The van der Waals surface area contributed by atoms with E-state index >= 15 is 0 Å². The summed E-state index contributed by atoms with van der Waals surface area (Å²) in [5.74, 6) is 0.580. The Morgan fingerprint density at radius 3 is 2.57 bits per heavy atom. The molecule has 1 unspecified atom stereocenters. The summed E-state index contributed by atoms with van der Waals surface area (Å²) in [4.78, 5) is 35.6. The molecule has 2 aliphatic rings. The fourth-order valence-electron chi connectivity index (χ4n) is 3.69. The highest BCUT2D eigenvalue weighted by Gasteiger charge is 2.61. The number of nitrogens with one attached hydrogen (secondary N) is 1. The zero-order chi connectivity index (χ0) is 20.1. The molecule has 1 amide bonds. The second-order valence-corrected chi connectivity index (χ2v) is 8.45. The summed E-state index contributed by atoms with van der Waals surface area (Å²) in [6.07, 6.45) is 3.50. The van der Waals surface area contributed by atoms with Gasteiger partial charge in [-0.3, -0.25) is 9.59 Å². The van der Waals surface area contributed by atoms with Gasteiger partial charge in [0.25, 0.3) is 5.91 Å². The summed E-state index contributed by atoms with van der Waals surface area (Å²) >= 11 is 0. The number of fused-ring (bicyclic) bond motifs is 1. The van der Waals surface area contributed by atoms with E-state index in [2.05, 4.69) is 36.1 Å². The molecule has 3 heterocycles. The Balaban J connectivity index is 1.54. The first-order valence-corrected chi connectivity index (χ1v) is 9.42. The molecule has 1 N–H and O–H groups in total. The van der Waals surface area contributed by atoms with Crippen LogP contribution in [0.2, 0.25) is 0 Å². The van der Waals surface area contributed by atoms with E-state index in [0.29, 0.717) is 23.5 Å². The summed E-state index contributed by atoms with van der Waals surface area (Å²) < 4.78 is 0. The maximum atomic E-state index is 12.7. The van der Waals surface area contributed by atoms with Crippen molar-refractivity contribution in [3.63, 3.8) is 0 Å². The van der Waals surface area contributed by atoms with Crippen LogP contribution in [0.5, 0.6) is 0 Å². The highest BCUT2D eigenvalue weighted by molar-refractivity contribution is 6.08. The number of rotatable bonds is 5. The lowest BCUT2D eigenvalue weighted by Gasteiger charge is -2.19. The number of hydrogen-bond acceptors (Lipinski definition) is 5. The molecule has 0 radical (unpaired) electrons. The number of ketones is 1. The number of hydrogen-bond donors (Lipinski definition) is 1. The van der Waals surface area contributed by atoms with E-state index in [9.17, 15) is 9.59 Å². The second kappa shape index (κ2) is 6.26. The van der Waals surface area contributed by atoms with Crippen LogP contribution in [-0.2, 0) is 15.7 Å². The van der Waals surface area contributed by atoms with Crippen LogP contribution in [0.25, 0.3) is 0 Å². The molecule has 1 aromatic carbocycles. The summed E-state index contributed by atoms with van der Waals surface area (Å²) in [5.41, 5.74) is 2.65. The Labute approximate surface area is 164 Å². The first-order valence-electron chi connectivity index (χ1n) is 9.42. The minimum Gasteiger partial charge on any atom is -0.373 e. The largest absolute Gasteiger partial charge is 0.373 e. The molecule has 1 atom stereocenters. The van der Waals surface area contributed by atoms with Gasteiger partial charge in [0.1, 0.15) is 17.7 Å². The van der Waals surface area contributed by atoms with Crippen molar-refractivity contribution in [3.8, 4) is 0 Å². The minimum atomic E-state index is -0.517. The molecule has 6 nitrogen and oxygen atoms in total. The number of anilines is 1. The Morgan fingerprint density at radius 1 is 1.21 bits per heavy atom. The molecular weight excluding hydrogens is 352 g/mol. The zero-order valence-corrected chi connectivity index (χ0v) is 16.6. The molecule has 1 saturated heterocycles. The molecule has 144 valence electrons. The molecule has 2 aromatic rings. The van der Waals surface area contributed by atoms with Crippen LogP contribution >= 0.6 is 0 Å². The van der Waals surface area contributed by atoms with Gasteiger partial charge in [0.15, 0.2) is 5.78 Å². The molecular formula is C22H24N4O2. The number of carbonyl (C=O) groups excluding carboxylic acids is 2. The topological polar surface area (TPSA) is 75.0 Å². The van der Waals surface area contributed by atoms with Crippen LogP contribution in [0, 0.1) is 0 Å². The van der Waals surface area contributed by atoms with Gasteiger partial charge in [0, 0.05) is 30.7 Å². The standard InChI is InChI=1S/C22H24N4O2/c1-21(2,3)16-7-5-14(6-8-16)17(27)9-15-11-22(12-26(22)20(15)28)18-10-19(23-4)25-13-24-18/h5-8,10-11,13H,9,12H2,1-4H3,(H,23,24,25). The van der Waals surface area contributed by atoms with Crippen molar-refractivity contribution < 1.29 is 9.59 Å². The normalized spacial score (nSPS) is 20.6. The number of nitrogens with zero attached hydrogens (tertiary/aromatic N) is 3. The van der Waals surface area contributed by atoms with Crippen molar-refractivity contribution in [2.24, 2.45) is 0 Å². The van der Waals surface area contributed by atoms with Gasteiger partial charge in [-0.25, -0.2) is 9.97 Å². The third-order valence-corrected chi connectivity index (χ3v) is 5.50. The second-order valence-electron chi connectivity index (χ2n) is 8.45. The van der Waals surface area contributed by atoms with E-state index in [0.717, 1.165) is 5.69 Å². The van der Waals surface area contributed by atoms with Crippen LogP contribution in [-0.4, -0.2) is 40.2 Å². The molecule has 1 fully saturated rings. The molecule has 0 saturated carbocycles. The molecule has 28 heavy (non-hydrogen) atoms. The van der Waals surface area contributed by atoms with Crippen LogP contribution in [0.1, 0.15) is 48.8 Å². The number of amides is 1. The smallest absolute Gasteiger partial charge is 0.251 e. The van der Waals surface area contributed by atoms with Gasteiger partial charge in [-0.2, -0.15) is 0 Å². The maximum absolute atomic E-state index is 12.7. The van der Waals surface area contributed by atoms with Crippen LogP contribution in [0.4, 0.5) is 5.82 Å². The lowest BCUT2D eigenvalue weighted by Crippen LogP contribution is -2.16. The molecule has 0 spiro atoms. The van der Waals surface area contributed by atoms with E-state index in [4.69, 9.17) is 0 Å². The average Bonchev–Trinajstić information content (AvgIpc) is 3.35. The highest BCUT2D eigenvalue weighted by Crippen LogP contribution is 2.50. The lowest BCUT2D eigenvalue weighted by atomic mass is 9.86. The quantitative estimate of drug-likeness (QED) is 0.641. The summed E-state index contributed by atoms with van der Waals surface area (Å²) in [7, 11) is 1.79. The molecule has 0 bridgehead atoms. The van der Waals surface area contributed by atoms with E-state index in [1.165, 1.54) is 11.9 Å². The molecule has 1 aromatic heterocycles. The predicted molar refractivity (Wildman–Crippen MR) is 107 cm³/mol. The maximum Gasteiger partial charge on any atom is 0.251 e. The van der Waals surface area contributed by atoms with Gasteiger partial charge in [0.05, 0.1) is 12.2 Å². The molecule has 4 rings (SSSR count). The summed E-state index contributed by atoms with van der Waals surface area (Å²) in [6, 6.07) is 9.52. The number of aromatic nitrogens is 2. The fourth-order valence-corrected chi connectivity index (χ4v) is 3.69. The van der Waals surface area contributed by atoms with Crippen molar-refractivity contribution in [2.75, 3.05) is 18.9 Å².